The van der Waals surface area contributed by atoms with Crippen molar-refractivity contribution < 1.29 is 26.3 Å². The highest BCUT2D eigenvalue weighted by atomic mass is 79.9. The van der Waals surface area contributed by atoms with E-state index < -0.39 is 0 Å². The Labute approximate surface area is 177 Å². The summed E-state index contributed by atoms with van der Waals surface area (Å²) in [6, 6.07) is 19.9. The van der Waals surface area contributed by atoms with E-state index in [4.69, 9.17) is 0 Å². The van der Waals surface area contributed by atoms with Gasteiger partial charge in [-0.3, -0.25) is 24.5 Å². The van der Waals surface area contributed by atoms with Crippen LogP contribution in [-0.4, -0.2) is 20.4 Å². The first-order valence-corrected chi connectivity index (χ1v) is 8.98. The first kappa shape index (κ1) is 20.5. The van der Waals surface area contributed by atoms with E-state index >= 15 is 0 Å². The number of aromatic amines is 1. The molecule has 0 aliphatic heterocycles. The van der Waals surface area contributed by atoms with Crippen LogP contribution in [0.1, 0.15) is 18.1 Å². The molecule has 0 aliphatic rings. The van der Waals surface area contributed by atoms with E-state index in [0.717, 1.165) is 11.1 Å². The number of benzene rings is 2. The second kappa shape index (κ2) is 8.83. The largest absolute Gasteiger partial charge is 1.00 e. The number of hydrogen-bond acceptors (Lipinski definition) is 3. The van der Waals surface area contributed by atoms with Crippen molar-refractivity contribution in [1.82, 2.24) is 14.5 Å². The van der Waals surface area contributed by atoms with Crippen LogP contribution in [0, 0.1) is 0 Å². The molecule has 0 radical (unpaired) electrons. The van der Waals surface area contributed by atoms with Gasteiger partial charge in [0.15, 0.2) is 6.33 Å². The molecule has 2 heterocycles. The average molecular weight is 454 g/mol. The lowest BCUT2D eigenvalue weighted by molar-refractivity contribution is -0.665. The maximum Gasteiger partial charge on any atom is 0.311 e. The van der Waals surface area contributed by atoms with Gasteiger partial charge in [-0.25, -0.2) is 4.57 Å². The number of hydrogen-bond donors (Lipinski definition) is 2. The average Bonchev–Trinajstić information content (AvgIpc) is 3.00. The van der Waals surface area contributed by atoms with E-state index in [9.17, 15) is 9.59 Å². The molecular weight excluding hydrogens is 434 g/mol. The molecule has 0 saturated carbocycles. The standard InChI is InChI=1S/C21H19N5O2.BrH/c1-15(27)22-21-23-19-18(20(28)24-21)25(12-16-8-4-2-5-9-16)14-26(19)13-17-10-6-3-7-11-17;/h2-11,14H,12-13H2,1H3,(H-,22,23,24,27,28);1H. The minimum absolute atomic E-state index is 0. The lowest BCUT2D eigenvalue weighted by Gasteiger charge is -2.00. The Morgan fingerprint density at radius 1 is 1.07 bits per heavy atom. The Morgan fingerprint density at radius 3 is 2.31 bits per heavy atom. The van der Waals surface area contributed by atoms with Gasteiger partial charge in [0.1, 0.15) is 0 Å². The Hall–Kier alpha value is -3.26. The smallest absolute Gasteiger partial charge is 0.311 e. The number of imidazole rings is 1. The lowest BCUT2D eigenvalue weighted by atomic mass is 10.2. The highest BCUT2D eigenvalue weighted by molar-refractivity contribution is 5.87. The zero-order chi connectivity index (χ0) is 19.5. The van der Waals surface area contributed by atoms with Crippen LogP contribution in [0.15, 0.2) is 71.8 Å². The molecule has 0 spiro atoms. The summed E-state index contributed by atoms with van der Waals surface area (Å²) >= 11 is 0. The van der Waals surface area contributed by atoms with E-state index in [1.807, 2.05) is 76.1 Å². The number of nitrogens with one attached hydrogen (secondary N) is 2. The molecule has 8 heteroatoms. The summed E-state index contributed by atoms with van der Waals surface area (Å²) in [5.74, 6) is -0.148. The van der Waals surface area contributed by atoms with Gasteiger partial charge >= 0.3 is 5.65 Å². The van der Waals surface area contributed by atoms with Gasteiger partial charge < -0.3 is 17.0 Å². The van der Waals surface area contributed by atoms with Gasteiger partial charge in [-0.15, -0.1) is 0 Å². The molecule has 2 aromatic heterocycles. The summed E-state index contributed by atoms with van der Waals surface area (Å²) in [5.41, 5.74) is 2.86. The van der Waals surface area contributed by atoms with Crippen molar-refractivity contribution in [2.24, 2.45) is 0 Å². The summed E-state index contributed by atoms with van der Waals surface area (Å²) < 4.78 is 3.81. The third kappa shape index (κ3) is 4.60. The van der Waals surface area contributed by atoms with Gasteiger partial charge in [0.05, 0.1) is 13.1 Å². The molecular formula is C21H20BrN5O2. The van der Waals surface area contributed by atoms with Crippen molar-refractivity contribution in [2.45, 2.75) is 20.0 Å². The van der Waals surface area contributed by atoms with Gasteiger partial charge in [0.2, 0.25) is 11.4 Å². The number of rotatable bonds is 5. The van der Waals surface area contributed by atoms with E-state index in [2.05, 4.69) is 15.3 Å². The highest BCUT2D eigenvalue weighted by Gasteiger charge is 2.22. The van der Waals surface area contributed by atoms with Gasteiger partial charge in [-0.2, -0.15) is 0 Å². The Kier molecular flexibility index (Phi) is 6.23. The Balaban J connectivity index is 0.00000240. The van der Waals surface area contributed by atoms with Crippen molar-refractivity contribution in [3.8, 4) is 0 Å². The lowest BCUT2D eigenvalue weighted by Crippen LogP contribution is -3.00. The minimum Gasteiger partial charge on any atom is -1.00 e. The van der Waals surface area contributed by atoms with E-state index in [0.29, 0.717) is 24.3 Å². The number of fused-ring (bicyclic) bond motifs is 1. The van der Waals surface area contributed by atoms with Crippen molar-refractivity contribution in [3.63, 3.8) is 0 Å². The molecule has 0 saturated heterocycles. The third-order valence-corrected chi connectivity index (χ3v) is 4.40. The summed E-state index contributed by atoms with van der Waals surface area (Å²) in [6.07, 6.45) is 1.89. The fourth-order valence-electron chi connectivity index (χ4n) is 3.22. The maximum atomic E-state index is 12.8. The predicted molar refractivity (Wildman–Crippen MR) is 106 cm³/mol. The maximum absolute atomic E-state index is 12.8. The summed E-state index contributed by atoms with van der Waals surface area (Å²) in [7, 11) is 0. The third-order valence-electron chi connectivity index (χ3n) is 4.40. The molecule has 29 heavy (non-hydrogen) atoms. The highest BCUT2D eigenvalue weighted by Crippen LogP contribution is 2.11. The fourth-order valence-corrected chi connectivity index (χ4v) is 3.22. The van der Waals surface area contributed by atoms with Crippen LogP contribution >= 0.6 is 0 Å². The number of nitrogens with zero attached hydrogens (tertiary/aromatic N) is 3. The molecule has 148 valence electrons. The van der Waals surface area contributed by atoms with Crippen LogP contribution < -0.4 is 32.4 Å². The molecule has 4 rings (SSSR count). The van der Waals surface area contributed by atoms with Crippen LogP contribution in [0.2, 0.25) is 0 Å². The molecule has 7 nitrogen and oxygen atoms in total. The summed E-state index contributed by atoms with van der Waals surface area (Å²) in [4.78, 5) is 31.3. The van der Waals surface area contributed by atoms with Crippen LogP contribution in [0.4, 0.5) is 5.95 Å². The number of carbonyl (C=O) groups excluding carboxylic acids is 1. The molecule has 0 unspecified atom stereocenters. The number of anilines is 1. The Bertz CT molecular complexity index is 1190. The molecule has 4 aromatic rings. The second-order valence-corrected chi connectivity index (χ2v) is 6.61. The summed E-state index contributed by atoms with van der Waals surface area (Å²) in [6.45, 7) is 2.49. The van der Waals surface area contributed by atoms with E-state index in [1.54, 1.807) is 0 Å². The minimum atomic E-state index is -0.295. The van der Waals surface area contributed by atoms with Gasteiger partial charge in [-0.1, -0.05) is 65.6 Å². The predicted octanol–water partition coefficient (Wildman–Crippen LogP) is -0.929. The van der Waals surface area contributed by atoms with E-state index in [-0.39, 0.29) is 34.4 Å². The number of halogens is 1. The van der Waals surface area contributed by atoms with Crippen LogP contribution in [0.5, 0.6) is 0 Å². The molecule has 0 aliphatic carbocycles. The topological polar surface area (TPSA) is 83.7 Å². The van der Waals surface area contributed by atoms with Gasteiger partial charge in [0, 0.05) is 6.92 Å². The van der Waals surface area contributed by atoms with Crippen LogP contribution in [0.25, 0.3) is 11.2 Å². The number of amides is 1. The van der Waals surface area contributed by atoms with Gasteiger partial charge in [0.25, 0.3) is 11.5 Å². The number of H-pyrrole nitrogens is 1. The SMILES string of the molecule is CC(=O)Nc1nc2c(c(=O)[nH]1)n(Cc1ccccc1)c[n+]2Cc1ccccc1.[Br-]. The zero-order valence-corrected chi connectivity index (χ0v) is 17.4. The monoisotopic (exact) mass is 453 g/mol. The van der Waals surface area contributed by atoms with Crippen LogP contribution in [0.3, 0.4) is 0 Å². The van der Waals surface area contributed by atoms with Crippen molar-refractivity contribution in [1.29, 1.82) is 0 Å². The molecule has 0 bridgehead atoms. The van der Waals surface area contributed by atoms with Gasteiger partial charge in [-0.05, 0) is 11.1 Å². The zero-order valence-electron chi connectivity index (χ0n) is 15.8. The van der Waals surface area contributed by atoms with Crippen LogP contribution in [-0.2, 0) is 17.9 Å². The van der Waals surface area contributed by atoms with Crippen molar-refractivity contribution in [3.05, 3.63) is 88.5 Å². The fraction of sp³-hybridized carbons (Fsp3) is 0.143. The normalized spacial score (nSPS) is 10.5. The Morgan fingerprint density at radius 2 is 1.69 bits per heavy atom. The first-order valence-electron chi connectivity index (χ1n) is 8.98. The molecule has 2 N–H and O–H groups in total. The molecule has 0 atom stereocenters. The van der Waals surface area contributed by atoms with E-state index in [1.165, 1.54) is 6.92 Å². The molecule has 1 amide bonds. The second-order valence-electron chi connectivity index (χ2n) is 6.61. The van der Waals surface area contributed by atoms with Crippen molar-refractivity contribution in [2.75, 3.05) is 5.32 Å². The number of carbonyl (C=O) groups is 1. The molecule has 2 aromatic carbocycles. The molecule has 0 fully saturated rings. The quantitative estimate of drug-likeness (QED) is 0.383. The van der Waals surface area contributed by atoms with Crippen molar-refractivity contribution >= 4 is 23.0 Å². The summed E-state index contributed by atoms with van der Waals surface area (Å²) in [5, 5.41) is 2.56. The first-order chi connectivity index (χ1) is 13.6. The number of aromatic nitrogens is 4.